The Morgan fingerprint density at radius 1 is 0.500 bits per heavy atom. The van der Waals surface area contributed by atoms with Crippen molar-refractivity contribution in [3.63, 3.8) is 0 Å². The van der Waals surface area contributed by atoms with Crippen LogP contribution in [0.4, 0.5) is 52.7 Å². The second-order valence-electron chi connectivity index (χ2n) is 15.8. The molecule has 64 heavy (non-hydrogen) atoms. The van der Waals surface area contributed by atoms with E-state index in [4.69, 9.17) is 17.0 Å². The molecule has 0 unspecified atom stereocenters. The van der Waals surface area contributed by atoms with Crippen molar-refractivity contribution < 1.29 is 73.5 Å². The van der Waals surface area contributed by atoms with Gasteiger partial charge in [-0.1, -0.05) is 89.7 Å². The van der Waals surface area contributed by atoms with E-state index in [-0.39, 0.29) is 35.1 Å². The first kappa shape index (κ1) is 55.3. The van der Waals surface area contributed by atoms with Crippen molar-refractivity contribution in [1.29, 1.82) is 0 Å². The summed E-state index contributed by atoms with van der Waals surface area (Å²) in [7, 11) is 11.0. The van der Waals surface area contributed by atoms with Gasteiger partial charge >= 0.3 is 62.6 Å². The SMILES string of the molecule is CCCc1ccc2[cH-]c(C(C)C)cc2c1-c1cc(C(F)(F)F)cc(C(F)(F)F)c1.CCCc1ccc2[cH-]c(C(C)C)cc2c1-c1cc(C(F)(F)F)cc(C(F)(F)F)c1.C[Si]C.[Cl][Zr+2][Cl]. The molecule has 6 aromatic carbocycles. The molecule has 346 valence electrons. The molecule has 0 aliphatic heterocycles. The van der Waals surface area contributed by atoms with Crippen LogP contribution in [0, 0.1) is 0 Å². The molecule has 0 bridgehead atoms. The second kappa shape index (κ2) is 23.1. The van der Waals surface area contributed by atoms with Crippen LogP contribution in [0.25, 0.3) is 43.8 Å². The van der Waals surface area contributed by atoms with Crippen molar-refractivity contribution in [2.45, 2.75) is 117 Å². The van der Waals surface area contributed by atoms with Crippen molar-refractivity contribution in [2.24, 2.45) is 0 Å². The third-order valence-electron chi connectivity index (χ3n) is 10.1. The van der Waals surface area contributed by atoms with Gasteiger partial charge in [-0.15, -0.1) is 69.1 Å². The van der Waals surface area contributed by atoms with Crippen LogP contribution in [0.15, 0.2) is 84.9 Å². The summed E-state index contributed by atoms with van der Waals surface area (Å²) in [6.07, 6.45) is -16.9. The first-order valence-corrected chi connectivity index (χ1v) is 28.6. The monoisotopic (exact) mass is 1040 g/mol. The normalized spacial score (nSPS) is 12.1. The standard InChI is InChI=1S/2C23H21F6.C2H6Si.2ClH.Zr/c2*1-4-5-14-6-7-15-8-16(13(2)3)11-20(15)21(14)17-9-18(22(24,25)26)12-19(10-17)23(27,28)29;1-3-2;;;/h2*6-13H,4-5H2,1-3H3;1-2H3;2*1H;/q2*-1;;;;+4/p-2. The summed E-state index contributed by atoms with van der Waals surface area (Å²) in [5.41, 5.74) is -0.896. The number of hydrogen-bond acceptors (Lipinski definition) is 0. The first-order valence-electron chi connectivity index (χ1n) is 20.2. The Balaban J connectivity index is 0.000000303. The molecule has 0 saturated carbocycles. The molecule has 0 amide bonds. The number of benzene rings is 4. The molecule has 0 fully saturated rings. The van der Waals surface area contributed by atoms with Crippen molar-refractivity contribution in [3.05, 3.63) is 129 Å². The molecular formula is C48H48Cl2F12SiZr. The van der Waals surface area contributed by atoms with Gasteiger partial charge in [0, 0.05) is 9.52 Å². The fourth-order valence-electron chi connectivity index (χ4n) is 7.20. The Morgan fingerprint density at radius 2 is 0.766 bits per heavy atom. The number of hydrogen-bond donors (Lipinski definition) is 0. The topological polar surface area (TPSA) is 0 Å². The van der Waals surface area contributed by atoms with Crippen LogP contribution < -0.4 is 0 Å². The van der Waals surface area contributed by atoms with Crippen LogP contribution >= 0.6 is 17.0 Å². The van der Waals surface area contributed by atoms with Gasteiger partial charge in [-0.05, 0) is 72.2 Å². The summed E-state index contributed by atoms with van der Waals surface area (Å²) >= 11 is -0.826. The van der Waals surface area contributed by atoms with E-state index in [1.807, 2.05) is 77.9 Å². The Morgan fingerprint density at radius 3 is 0.984 bits per heavy atom. The molecule has 0 saturated heterocycles. The van der Waals surface area contributed by atoms with Gasteiger partial charge in [-0.2, -0.15) is 64.8 Å². The molecule has 0 heterocycles. The minimum absolute atomic E-state index is 0.0536. The Kier molecular flexibility index (Phi) is 19.9. The Hall–Kier alpha value is -3.06. The van der Waals surface area contributed by atoms with Crippen LogP contribution in [-0.4, -0.2) is 9.52 Å². The molecule has 0 N–H and O–H groups in total. The number of fused-ring (bicyclic) bond motifs is 2. The van der Waals surface area contributed by atoms with Crippen LogP contribution in [0.1, 0.15) is 111 Å². The first-order chi connectivity index (χ1) is 29.7. The summed E-state index contributed by atoms with van der Waals surface area (Å²) < 4.78 is 160. The average Bonchev–Trinajstić information content (AvgIpc) is 3.83. The molecule has 16 heteroatoms. The fourth-order valence-corrected chi connectivity index (χ4v) is 7.20. The molecule has 6 aromatic rings. The third-order valence-corrected chi connectivity index (χ3v) is 10.1. The maximum absolute atomic E-state index is 13.4. The van der Waals surface area contributed by atoms with E-state index in [2.05, 4.69) is 13.1 Å². The predicted molar refractivity (Wildman–Crippen MR) is 235 cm³/mol. The molecule has 0 aromatic heterocycles. The molecule has 0 spiro atoms. The number of aryl methyl sites for hydroxylation is 2. The van der Waals surface area contributed by atoms with Crippen LogP contribution in [0.2, 0.25) is 13.1 Å². The van der Waals surface area contributed by atoms with Crippen molar-refractivity contribution in [2.75, 3.05) is 0 Å². The predicted octanol–water partition coefficient (Wildman–Crippen LogP) is 18.8. The third kappa shape index (κ3) is 14.5. The van der Waals surface area contributed by atoms with E-state index in [0.29, 0.717) is 34.7 Å². The van der Waals surface area contributed by atoms with Crippen molar-refractivity contribution in [3.8, 4) is 22.3 Å². The summed E-state index contributed by atoms with van der Waals surface area (Å²) in [6, 6.07) is 18.7. The van der Waals surface area contributed by atoms with Crippen LogP contribution in [0.5, 0.6) is 0 Å². The van der Waals surface area contributed by atoms with E-state index in [0.717, 1.165) is 79.7 Å². The Bertz CT molecular complexity index is 2200. The summed E-state index contributed by atoms with van der Waals surface area (Å²) in [5, 5.41) is 3.00. The van der Waals surface area contributed by atoms with Gasteiger partial charge in [0.2, 0.25) is 0 Å². The van der Waals surface area contributed by atoms with Gasteiger partial charge in [0.25, 0.3) is 0 Å². The van der Waals surface area contributed by atoms with Crippen LogP contribution in [0.3, 0.4) is 0 Å². The van der Waals surface area contributed by atoms with E-state index in [9.17, 15) is 52.7 Å². The van der Waals surface area contributed by atoms with Crippen molar-refractivity contribution >= 4 is 48.1 Å². The zero-order chi connectivity index (χ0) is 48.5. The molecule has 0 nitrogen and oxygen atoms in total. The number of alkyl halides is 12. The van der Waals surface area contributed by atoms with E-state index >= 15 is 0 Å². The van der Waals surface area contributed by atoms with Crippen molar-refractivity contribution in [1.82, 2.24) is 0 Å². The van der Waals surface area contributed by atoms with Gasteiger partial charge < -0.3 is 0 Å². The molecule has 0 atom stereocenters. The second-order valence-corrected chi connectivity index (χ2v) is 20.5. The zero-order valence-corrected chi connectivity index (χ0v) is 41.3. The Labute approximate surface area is 387 Å². The van der Waals surface area contributed by atoms with Crippen LogP contribution in [-0.2, 0) is 58.4 Å². The molecular weight excluding hydrogens is 995 g/mol. The van der Waals surface area contributed by atoms with E-state index < -0.39 is 67.8 Å². The molecule has 0 aliphatic rings. The van der Waals surface area contributed by atoms with Gasteiger partial charge in [-0.3, -0.25) is 0 Å². The van der Waals surface area contributed by atoms with E-state index in [1.165, 1.54) is 0 Å². The average molecular weight is 1040 g/mol. The van der Waals surface area contributed by atoms with Gasteiger partial charge in [0.05, 0.1) is 22.3 Å². The quantitative estimate of drug-likeness (QED) is 0.0810. The maximum atomic E-state index is 13.4. The summed E-state index contributed by atoms with van der Waals surface area (Å²) in [6.45, 7) is 16.1. The fraction of sp³-hybridized carbons (Fsp3) is 0.375. The zero-order valence-electron chi connectivity index (χ0n) is 36.4. The minimum atomic E-state index is -4.87. The van der Waals surface area contributed by atoms with Gasteiger partial charge in [0.15, 0.2) is 0 Å². The van der Waals surface area contributed by atoms with Gasteiger partial charge in [-0.25, -0.2) is 0 Å². The summed E-state index contributed by atoms with van der Waals surface area (Å²) in [5.74, 6) is 0.384. The number of rotatable bonds is 8. The number of halogens is 14. The van der Waals surface area contributed by atoms with Gasteiger partial charge in [0.1, 0.15) is 0 Å². The molecule has 2 radical (unpaired) electrons. The summed E-state index contributed by atoms with van der Waals surface area (Å²) in [4.78, 5) is 0. The molecule has 6 rings (SSSR count). The molecule has 0 aliphatic carbocycles. The van der Waals surface area contributed by atoms with E-state index in [1.54, 1.807) is 12.1 Å².